The van der Waals surface area contributed by atoms with Gasteiger partial charge >= 0.3 is 5.97 Å². The summed E-state index contributed by atoms with van der Waals surface area (Å²) in [4.78, 5) is 10.3. The number of rotatable bonds is 5. The maximum Gasteiger partial charge on any atom is 0.308 e. The summed E-state index contributed by atoms with van der Waals surface area (Å²) in [5.41, 5.74) is 0. The molecule has 0 aromatic carbocycles. The van der Waals surface area contributed by atoms with E-state index < -0.39 is 11.9 Å². The van der Waals surface area contributed by atoms with Crippen molar-refractivity contribution in [3.63, 3.8) is 0 Å². The molecule has 0 bridgehead atoms. The molecule has 1 aliphatic rings. The van der Waals surface area contributed by atoms with Crippen LogP contribution in [0.2, 0.25) is 0 Å². The minimum absolute atomic E-state index is 0.219. The lowest BCUT2D eigenvalue weighted by Gasteiger charge is -2.05. The number of epoxide rings is 1. The van der Waals surface area contributed by atoms with E-state index in [0.717, 1.165) is 6.61 Å². The fraction of sp³-hybridized carbons (Fsp3) is 0.857. The van der Waals surface area contributed by atoms with Gasteiger partial charge in [0.15, 0.2) is 0 Å². The van der Waals surface area contributed by atoms with Crippen LogP contribution in [0.25, 0.3) is 0 Å². The highest BCUT2D eigenvalue weighted by Crippen LogP contribution is 2.09. The lowest BCUT2D eigenvalue weighted by atomic mass is 10.2. The molecule has 64 valence electrons. The Morgan fingerprint density at radius 3 is 3.00 bits per heavy atom. The quantitative estimate of drug-likeness (QED) is 0.580. The molecule has 1 rings (SSSR count). The highest BCUT2D eigenvalue weighted by molar-refractivity contribution is 5.69. The smallest absolute Gasteiger partial charge is 0.308 e. The Bertz CT molecular complexity index is 141. The molecule has 0 radical (unpaired) electrons. The van der Waals surface area contributed by atoms with E-state index in [9.17, 15) is 4.79 Å². The predicted octanol–water partition coefficient (Wildman–Crippen LogP) is 0.122. The van der Waals surface area contributed by atoms with Crippen LogP contribution < -0.4 is 0 Å². The molecular weight excluding hydrogens is 148 g/mol. The van der Waals surface area contributed by atoms with Crippen LogP contribution in [0, 0.1) is 5.92 Å². The first kappa shape index (κ1) is 8.49. The first-order valence-electron chi connectivity index (χ1n) is 3.62. The molecule has 1 N–H and O–H groups in total. The van der Waals surface area contributed by atoms with Crippen LogP contribution in [-0.4, -0.2) is 37.0 Å². The van der Waals surface area contributed by atoms with Gasteiger partial charge in [-0.1, -0.05) is 0 Å². The molecular formula is C7H12O4. The summed E-state index contributed by atoms with van der Waals surface area (Å²) in [5, 5.41) is 8.45. The molecule has 0 saturated carbocycles. The average Bonchev–Trinajstić information content (AvgIpc) is 2.71. The molecule has 1 aliphatic heterocycles. The minimum atomic E-state index is -0.818. The van der Waals surface area contributed by atoms with Crippen molar-refractivity contribution in [3.05, 3.63) is 0 Å². The van der Waals surface area contributed by atoms with Crippen molar-refractivity contribution >= 4 is 5.97 Å². The molecule has 4 heteroatoms. The zero-order chi connectivity index (χ0) is 8.27. The van der Waals surface area contributed by atoms with Crippen LogP contribution >= 0.6 is 0 Å². The molecule has 1 heterocycles. The largest absolute Gasteiger partial charge is 0.481 e. The summed E-state index contributed by atoms with van der Waals surface area (Å²) in [5.74, 6) is -1.24. The zero-order valence-electron chi connectivity index (χ0n) is 6.45. The molecule has 1 fully saturated rings. The summed E-state index contributed by atoms with van der Waals surface area (Å²) in [6.07, 6.45) is 0.219. The second-order valence-corrected chi connectivity index (χ2v) is 2.73. The lowest BCUT2D eigenvalue weighted by molar-refractivity contribution is -0.143. The van der Waals surface area contributed by atoms with Crippen molar-refractivity contribution in [2.45, 2.75) is 13.0 Å². The molecule has 2 atom stereocenters. The van der Waals surface area contributed by atoms with Crippen LogP contribution in [-0.2, 0) is 14.3 Å². The van der Waals surface area contributed by atoms with Crippen molar-refractivity contribution in [1.82, 2.24) is 0 Å². The first-order valence-corrected chi connectivity index (χ1v) is 3.62. The molecule has 11 heavy (non-hydrogen) atoms. The summed E-state index contributed by atoms with van der Waals surface area (Å²) in [6.45, 7) is 3.17. The topological polar surface area (TPSA) is 59.1 Å². The predicted molar refractivity (Wildman–Crippen MR) is 37.4 cm³/mol. The maximum absolute atomic E-state index is 10.3. The van der Waals surface area contributed by atoms with Crippen molar-refractivity contribution in [3.8, 4) is 0 Å². The van der Waals surface area contributed by atoms with Gasteiger partial charge in [-0.05, 0) is 6.92 Å². The van der Waals surface area contributed by atoms with E-state index in [1.54, 1.807) is 6.92 Å². The number of carbonyl (C=O) groups is 1. The Hall–Kier alpha value is -0.610. The van der Waals surface area contributed by atoms with Gasteiger partial charge in [0.05, 0.1) is 25.7 Å². The van der Waals surface area contributed by atoms with Gasteiger partial charge < -0.3 is 14.6 Å². The van der Waals surface area contributed by atoms with E-state index in [2.05, 4.69) is 0 Å². The Kier molecular flexibility index (Phi) is 2.84. The van der Waals surface area contributed by atoms with Gasteiger partial charge in [-0.2, -0.15) is 0 Å². The average molecular weight is 160 g/mol. The molecule has 0 aliphatic carbocycles. The van der Waals surface area contributed by atoms with Crippen molar-refractivity contribution < 1.29 is 19.4 Å². The molecule has 1 saturated heterocycles. The molecule has 2 unspecified atom stereocenters. The molecule has 4 nitrogen and oxygen atoms in total. The molecule has 0 spiro atoms. The number of carboxylic acids is 1. The maximum atomic E-state index is 10.3. The Morgan fingerprint density at radius 1 is 1.91 bits per heavy atom. The van der Waals surface area contributed by atoms with Crippen molar-refractivity contribution in [2.75, 3.05) is 19.8 Å². The Balaban J connectivity index is 1.96. The van der Waals surface area contributed by atoms with E-state index in [1.165, 1.54) is 0 Å². The second kappa shape index (κ2) is 3.69. The molecule has 0 amide bonds. The third-order valence-corrected chi connectivity index (χ3v) is 1.50. The fourth-order valence-corrected chi connectivity index (χ4v) is 0.612. The van der Waals surface area contributed by atoms with Crippen LogP contribution in [0.1, 0.15) is 6.92 Å². The monoisotopic (exact) mass is 160 g/mol. The van der Waals surface area contributed by atoms with Gasteiger partial charge in [0, 0.05) is 0 Å². The molecule has 0 aromatic heterocycles. The number of hydrogen-bond donors (Lipinski definition) is 1. The summed E-state index contributed by atoms with van der Waals surface area (Å²) < 4.78 is 9.95. The van der Waals surface area contributed by atoms with E-state index in [4.69, 9.17) is 14.6 Å². The number of carboxylic acid groups (broad SMARTS) is 1. The normalized spacial score (nSPS) is 24.6. The number of hydrogen-bond acceptors (Lipinski definition) is 3. The van der Waals surface area contributed by atoms with Crippen LogP contribution in [0.4, 0.5) is 0 Å². The summed E-state index contributed by atoms with van der Waals surface area (Å²) >= 11 is 0. The van der Waals surface area contributed by atoms with Gasteiger partial charge in [0.2, 0.25) is 0 Å². The van der Waals surface area contributed by atoms with Gasteiger partial charge in [0.1, 0.15) is 6.10 Å². The summed E-state index contributed by atoms with van der Waals surface area (Å²) in [6, 6.07) is 0. The van der Waals surface area contributed by atoms with Crippen LogP contribution in [0.15, 0.2) is 0 Å². The third kappa shape index (κ3) is 3.34. The zero-order valence-corrected chi connectivity index (χ0v) is 6.45. The lowest BCUT2D eigenvalue weighted by Crippen LogP contribution is -2.17. The number of aliphatic carboxylic acids is 1. The van der Waals surface area contributed by atoms with Crippen molar-refractivity contribution in [1.29, 1.82) is 0 Å². The minimum Gasteiger partial charge on any atom is -0.481 e. The van der Waals surface area contributed by atoms with Gasteiger partial charge in [-0.25, -0.2) is 0 Å². The van der Waals surface area contributed by atoms with E-state index in [0.29, 0.717) is 6.61 Å². The van der Waals surface area contributed by atoms with Gasteiger partial charge in [-0.15, -0.1) is 0 Å². The highest BCUT2D eigenvalue weighted by atomic mass is 16.6. The highest BCUT2D eigenvalue weighted by Gasteiger charge is 2.23. The summed E-state index contributed by atoms with van der Waals surface area (Å²) in [7, 11) is 0. The standard InChI is InChI=1S/C7H12O4/c1-5(7(8)9)2-10-3-6-4-11-6/h5-6H,2-4H2,1H3,(H,8,9). The van der Waals surface area contributed by atoms with Gasteiger partial charge in [-0.3, -0.25) is 4.79 Å². The molecule has 0 aromatic rings. The Labute approximate surface area is 65.1 Å². The fourth-order valence-electron chi connectivity index (χ4n) is 0.612. The second-order valence-electron chi connectivity index (χ2n) is 2.73. The van der Waals surface area contributed by atoms with Crippen molar-refractivity contribution in [2.24, 2.45) is 5.92 Å². The van der Waals surface area contributed by atoms with E-state index in [-0.39, 0.29) is 12.7 Å². The first-order chi connectivity index (χ1) is 5.20. The number of ether oxygens (including phenoxy) is 2. The van der Waals surface area contributed by atoms with E-state index >= 15 is 0 Å². The SMILES string of the molecule is CC(COCC1CO1)C(=O)O. The Morgan fingerprint density at radius 2 is 2.55 bits per heavy atom. The van der Waals surface area contributed by atoms with E-state index in [1.807, 2.05) is 0 Å². The van der Waals surface area contributed by atoms with Crippen LogP contribution in [0.5, 0.6) is 0 Å². The van der Waals surface area contributed by atoms with Gasteiger partial charge in [0.25, 0.3) is 0 Å². The van der Waals surface area contributed by atoms with Crippen LogP contribution in [0.3, 0.4) is 0 Å². The third-order valence-electron chi connectivity index (χ3n) is 1.50.